The zero-order valence-electron chi connectivity index (χ0n) is 11.7. The first-order chi connectivity index (χ1) is 9.74. The Kier molecular flexibility index (Phi) is 3.65. The van der Waals surface area contributed by atoms with E-state index in [9.17, 15) is 0 Å². The van der Waals surface area contributed by atoms with Crippen molar-refractivity contribution in [3.8, 4) is 11.4 Å². The first-order valence-corrected chi connectivity index (χ1v) is 7.64. The van der Waals surface area contributed by atoms with Gasteiger partial charge in [-0.25, -0.2) is 9.97 Å². The van der Waals surface area contributed by atoms with Crippen molar-refractivity contribution in [1.29, 1.82) is 0 Å². The first kappa shape index (κ1) is 13.1. The summed E-state index contributed by atoms with van der Waals surface area (Å²) < 4.78 is 2.20. The van der Waals surface area contributed by atoms with Crippen LogP contribution in [0.1, 0.15) is 16.8 Å². The third-order valence-corrected chi connectivity index (χ3v) is 4.21. The maximum Gasteiger partial charge on any atom is 0.139 e. The van der Waals surface area contributed by atoms with Crippen molar-refractivity contribution in [2.75, 3.05) is 0 Å². The molecular formula is C16H17N3S. The van der Waals surface area contributed by atoms with Crippen LogP contribution in [0.3, 0.4) is 0 Å². The highest BCUT2D eigenvalue weighted by atomic mass is 32.1. The molecule has 1 aromatic carbocycles. The van der Waals surface area contributed by atoms with E-state index in [1.165, 1.54) is 16.7 Å². The second-order valence-corrected chi connectivity index (χ2v) is 5.69. The van der Waals surface area contributed by atoms with Gasteiger partial charge in [-0.05, 0) is 31.0 Å². The van der Waals surface area contributed by atoms with Gasteiger partial charge >= 0.3 is 0 Å². The summed E-state index contributed by atoms with van der Waals surface area (Å²) in [5, 5.41) is 2.10. The normalized spacial score (nSPS) is 10.9. The SMILES string of the molecule is Cc1ccc(-c2nccn2CCc2cscn2)cc1C. The third-order valence-electron chi connectivity index (χ3n) is 3.57. The summed E-state index contributed by atoms with van der Waals surface area (Å²) in [6.07, 6.45) is 4.85. The van der Waals surface area contributed by atoms with Crippen LogP contribution in [0, 0.1) is 13.8 Å². The number of thiazole rings is 1. The van der Waals surface area contributed by atoms with Crippen molar-refractivity contribution in [2.45, 2.75) is 26.8 Å². The van der Waals surface area contributed by atoms with Crippen molar-refractivity contribution in [3.63, 3.8) is 0 Å². The zero-order chi connectivity index (χ0) is 13.9. The van der Waals surface area contributed by atoms with E-state index in [-0.39, 0.29) is 0 Å². The summed E-state index contributed by atoms with van der Waals surface area (Å²) in [5.74, 6) is 1.03. The summed E-state index contributed by atoms with van der Waals surface area (Å²) in [7, 11) is 0. The maximum atomic E-state index is 4.50. The number of aromatic nitrogens is 3. The number of benzene rings is 1. The molecule has 0 unspecified atom stereocenters. The molecule has 20 heavy (non-hydrogen) atoms. The van der Waals surface area contributed by atoms with Crippen LogP contribution in [0.4, 0.5) is 0 Å². The molecule has 3 nitrogen and oxygen atoms in total. The summed E-state index contributed by atoms with van der Waals surface area (Å²) in [6.45, 7) is 5.18. The number of imidazole rings is 1. The molecule has 3 rings (SSSR count). The maximum absolute atomic E-state index is 4.50. The molecule has 0 fully saturated rings. The molecule has 0 N–H and O–H groups in total. The average Bonchev–Trinajstić information content (AvgIpc) is 3.10. The van der Waals surface area contributed by atoms with E-state index in [1.807, 2.05) is 17.9 Å². The van der Waals surface area contributed by atoms with Gasteiger partial charge in [0.05, 0.1) is 11.2 Å². The predicted octanol–water partition coefficient (Wildman–Crippen LogP) is 3.87. The second kappa shape index (κ2) is 5.59. The lowest BCUT2D eigenvalue weighted by Crippen LogP contribution is -2.03. The molecule has 3 aromatic rings. The molecule has 4 heteroatoms. The van der Waals surface area contributed by atoms with E-state index < -0.39 is 0 Å². The zero-order valence-corrected chi connectivity index (χ0v) is 12.5. The average molecular weight is 283 g/mol. The van der Waals surface area contributed by atoms with Crippen molar-refractivity contribution in [2.24, 2.45) is 0 Å². The van der Waals surface area contributed by atoms with Crippen LogP contribution >= 0.6 is 11.3 Å². The summed E-state index contributed by atoms with van der Waals surface area (Å²) in [5.41, 5.74) is 6.82. The molecule has 0 amide bonds. The molecule has 0 radical (unpaired) electrons. The van der Waals surface area contributed by atoms with Gasteiger partial charge in [0.25, 0.3) is 0 Å². The molecule has 2 aromatic heterocycles. The largest absolute Gasteiger partial charge is 0.331 e. The van der Waals surface area contributed by atoms with E-state index in [2.05, 4.69) is 52.0 Å². The van der Waals surface area contributed by atoms with Gasteiger partial charge in [-0.1, -0.05) is 12.1 Å². The summed E-state index contributed by atoms with van der Waals surface area (Å²) in [4.78, 5) is 8.83. The summed E-state index contributed by atoms with van der Waals surface area (Å²) >= 11 is 1.64. The highest BCUT2D eigenvalue weighted by Gasteiger charge is 2.07. The van der Waals surface area contributed by atoms with Crippen molar-refractivity contribution in [1.82, 2.24) is 14.5 Å². The quantitative estimate of drug-likeness (QED) is 0.728. The molecule has 0 aliphatic heterocycles. The van der Waals surface area contributed by atoms with Crippen LogP contribution in [-0.2, 0) is 13.0 Å². The minimum atomic E-state index is 0.909. The van der Waals surface area contributed by atoms with Gasteiger partial charge in [-0.15, -0.1) is 11.3 Å². The van der Waals surface area contributed by atoms with Gasteiger partial charge < -0.3 is 4.57 Å². The molecular weight excluding hydrogens is 266 g/mol. The fourth-order valence-corrected chi connectivity index (χ4v) is 2.82. The van der Waals surface area contributed by atoms with Crippen LogP contribution in [0.5, 0.6) is 0 Å². The Bertz CT molecular complexity index is 698. The molecule has 0 aliphatic carbocycles. The van der Waals surface area contributed by atoms with Crippen LogP contribution < -0.4 is 0 Å². The lowest BCUT2D eigenvalue weighted by molar-refractivity contribution is 0.694. The fourth-order valence-electron chi connectivity index (χ4n) is 2.23. The number of nitrogens with zero attached hydrogens (tertiary/aromatic N) is 3. The van der Waals surface area contributed by atoms with Crippen LogP contribution in [0.2, 0.25) is 0 Å². The number of rotatable bonds is 4. The van der Waals surface area contributed by atoms with E-state index in [0.29, 0.717) is 0 Å². The Labute approximate surface area is 123 Å². The van der Waals surface area contributed by atoms with Crippen molar-refractivity contribution < 1.29 is 0 Å². The van der Waals surface area contributed by atoms with Crippen molar-refractivity contribution in [3.05, 3.63) is 58.3 Å². The Hall–Kier alpha value is -1.94. The van der Waals surface area contributed by atoms with Crippen molar-refractivity contribution >= 4 is 11.3 Å². The van der Waals surface area contributed by atoms with Gasteiger partial charge in [0.1, 0.15) is 5.82 Å². The molecule has 102 valence electrons. The Balaban J connectivity index is 1.84. The Morgan fingerprint density at radius 2 is 2.05 bits per heavy atom. The highest BCUT2D eigenvalue weighted by Crippen LogP contribution is 2.21. The standard InChI is InChI=1S/C16H17N3S/c1-12-3-4-14(9-13(12)2)16-17-6-8-19(16)7-5-15-10-20-11-18-15/h3-4,6,8-11H,5,7H2,1-2H3. The molecule has 0 aliphatic rings. The van der Waals surface area contributed by atoms with E-state index in [0.717, 1.165) is 24.5 Å². The monoisotopic (exact) mass is 283 g/mol. The van der Waals surface area contributed by atoms with Gasteiger partial charge in [0.2, 0.25) is 0 Å². The molecule has 0 bridgehead atoms. The molecule has 0 saturated heterocycles. The summed E-state index contributed by atoms with van der Waals surface area (Å²) in [6, 6.07) is 6.51. The van der Waals surface area contributed by atoms with Crippen LogP contribution in [-0.4, -0.2) is 14.5 Å². The number of hydrogen-bond donors (Lipinski definition) is 0. The predicted molar refractivity (Wildman–Crippen MR) is 83.0 cm³/mol. The Morgan fingerprint density at radius 1 is 1.15 bits per heavy atom. The molecule has 0 atom stereocenters. The highest BCUT2D eigenvalue weighted by molar-refractivity contribution is 7.07. The minimum Gasteiger partial charge on any atom is -0.331 e. The second-order valence-electron chi connectivity index (χ2n) is 4.97. The van der Waals surface area contributed by atoms with E-state index >= 15 is 0 Å². The molecule has 0 saturated carbocycles. The molecule has 0 spiro atoms. The number of hydrogen-bond acceptors (Lipinski definition) is 3. The lowest BCUT2D eigenvalue weighted by Gasteiger charge is -2.09. The van der Waals surface area contributed by atoms with Gasteiger partial charge in [-0.3, -0.25) is 0 Å². The van der Waals surface area contributed by atoms with Gasteiger partial charge in [0, 0.05) is 36.3 Å². The Morgan fingerprint density at radius 3 is 2.80 bits per heavy atom. The third kappa shape index (κ3) is 2.65. The topological polar surface area (TPSA) is 30.7 Å². The molecule has 2 heterocycles. The first-order valence-electron chi connectivity index (χ1n) is 6.70. The fraction of sp³-hybridized carbons (Fsp3) is 0.250. The number of aryl methyl sites for hydroxylation is 4. The van der Waals surface area contributed by atoms with Crippen LogP contribution in [0.25, 0.3) is 11.4 Å². The minimum absolute atomic E-state index is 0.909. The smallest absolute Gasteiger partial charge is 0.139 e. The van der Waals surface area contributed by atoms with Gasteiger partial charge in [0.15, 0.2) is 0 Å². The lowest BCUT2D eigenvalue weighted by atomic mass is 10.1. The van der Waals surface area contributed by atoms with Gasteiger partial charge in [-0.2, -0.15) is 0 Å². The van der Waals surface area contributed by atoms with E-state index in [4.69, 9.17) is 0 Å². The van der Waals surface area contributed by atoms with Crippen LogP contribution in [0.15, 0.2) is 41.5 Å². The van der Waals surface area contributed by atoms with E-state index in [1.54, 1.807) is 11.3 Å².